The summed E-state index contributed by atoms with van der Waals surface area (Å²) in [4.78, 5) is 30.3. The summed E-state index contributed by atoms with van der Waals surface area (Å²) in [5.74, 6) is 3.30. The number of furan rings is 1. The summed E-state index contributed by atoms with van der Waals surface area (Å²) in [6, 6.07) is 16.2. The van der Waals surface area contributed by atoms with Crippen LogP contribution in [-0.2, 0) is 17.9 Å². The van der Waals surface area contributed by atoms with E-state index in [4.69, 9.17) is 18.6 Å². The fraction of sp³-hybridized carbons (Fsp3) is 0.379. The monoisotopic (exact) mass is 521 g/mol. The van der Waals surface area contributed by atoms with E-state index in [0.717, 1.165) is 11.3 Å². The zero-order valence-corrected chi connectivity index (χ0v) is 22.4. The Morgan fingerprint density at radius 1 is 1.00 bits per heavy atom. The molecule has 0 radical (unpaired) electrons. The molecule has 2 aromatic carbocycles. The predicted molar refractivity (Wildman–Crippen MR) is 143 cm³/mol. The molecule has 0 unspecified atom stereocenters. The van der Waals surface area contributed by atoms with Crippen LogP contribution in [0.4, 0.5) is 10.5 Å². The number of carbonyl (C=O) groups is 2. The third-order valence-corrected chi connectivity index (χ3v) is 5.93. The highest BCUT2D eigenvalue weighted by molar-refractivity contribution is 5.93. The zero-order chi connectivity index (χ0) is 27.1. The van der Waals surface area contributed by atoms with Crippen molar-refractivity contribution < 1.29 is 28.2 Å². The molecule has 1 aromatic heterocycles. The molecule has 2 heterocycles. The van der Waals surface area contributed by atoms with E-state index in [0.29, 0.717) is 48.4 Å². The van der Waals surface area contributed by atoms with E-state index in [1.165, 1.54) is 4.90 Å². The van der Waals surface area contributed by atoms with Crippen molar-refractivity contribution >= 4 is 17.6 Å². The molecule has 0 spiro atoms. The van der Waals surface area contributed by atoms with Gasteiger partial charge in [-0.2, -0.15) is 0 Å². The molecule has 0 fully saturated rings. The van der Waals surface area contributed by atoms with Crippen LogP contribution in [0.15, 0.2) is 59.0 Å². The second kappa shape index (κ2) is 12.4. The van der Waals surface area contributed by atoms with E-state index < -0.39 is 0 Å². The van der Waals surface area contributed by atoms with Crippen LogP contribution in [0.2, 0.25) is 0 Å². The first kappa shape index (κ1) is 26.9. The van der Waals surface area contributed by atoms with Crippen molar-refractivity contribution in [1.29, 1.82) is 0 Å². The number of anilines is 1. The first-order valence-corrected chi connectivity index (χ1v) is 12.8. The van der Waals surface area contributed by atoms with Crippen molar-refractivity contribution in [2.75, 3.05) is 31.8 Å². The van der Waals surface area contributed by atoms with E-state index in [9.17, 15) is 9.59 Å². The number of fused-ring (bicyclic) bond motifs is 1. The molecule has 3 amide bonds. The molecule has 1 N–H and O–H groups in total. The zero-order valence-electron chi connectivity index (χ0n) is 22.4. The van der Waals surface area contributed by atoms with Gasteiger partial charge in [-0.15, -0.1) is 0 Å². The molecular formula is C29H35N3O6. The molecule has 0 saturated carbocycles. The lowest BCUT2D eigenvalue weighted by molar-refractivity contribution is -0.133. The Labute approximate surface area is 223 Å². The van der Waals surface area contributed by atoms with Gasteiger partial charge in [0.2, 0.25) is 12.7 Å². The Morgan fingerprint density at radius 2 is 1.79 bits per heavy atom. The largest absolute Gasteiger partial charge is 0.492 e. The van der Waals surface area contributed by atoms with Crippen molar-refractivity contribution in [1.82, 2.24) is 9.80 Å². The van der Waals surface area contributed by atoms with Crippen LogP contribution in [0.5, 0.6) is 17.2 Å². The second-order valence-electron chi connectivity index (χ2n) is 9.58. The highest BCUT2D eigenvalue weighted by Gasteiger charge is 2.25. The smallest absolute Gasteiger partial charge is 0.322 e. The lowest BCUT2D eigenvalue weighted by atomic mass is 10.1. The molecular weight excluding hydrogens is 486 g/mol. The summed E-state index contributed by atoms with van der Waals surface area (Å²) < 4.78 is 22.3. The van der Waals surface area contributed by atoms with E-state index in [1.807, 2.05) is 70.2 Å². The number of amides is 3. The lowest BCUT2D eigenvalue weighted by Gasteiger charge is -2.29. The SMILES string of the molecule is CCOc1ccccc1NC(=O)N(CC(=O)N(Cc1ccc2c(c1)OCO2)Cc1ccc(C)o1)CC(C)C. The van der Waals surface area contributed by atoms with E-state index in [-0.39, 0.29) is 37.7 Å². The minimum absolute atomic E-state index is 0.0922. The van der Waals surface area contributed by atoms with Crippen LogP contribution < -0.4 is 19.5 Å². The summed E-state index contributed by atoms with van der Waals surface area (Å²) in [6.45, 7) is 9.33. The molecule has 0 aliphatic carbocycles. The number of urea groups is 1. The van der Waals surface area contributed by atoms with Gasteiger partial charge in [-0.05, 0) is 61.7 Å². The van der Waals surface area contributed by atoms with Crippen LogP contribution in [0.25, 0.3) is 0 Å². The first-order chi connectivity index (χ1) is 18.3. The van der Waals surface area contributed by atoms with Crippen LogP contribution in [-0.4, -0.2) is 48.2 Å². The van der Waals surface area contributed by atoms with E-state index >= 15 is 0 Å². The first-order valence-electron chi connectivity index (χ1n) is 12.8. The standard InChI is InChI=1S/C29H35N3O6/c1-5-35-25-9-7-6-8-24(25)30-29(34)32(15-20(2)3)18-28(33)31(17-23-12-10-21(4)38-23)16-22-11-13-26-27(14-22)37-19-36-26/h6-14,20H,5,15-19H2,1-4H3,(H,30,34). The number of benzene rings is 2. The van der Waals surface area contributed by atoms with Gasteiger partial charge in [0.1, 0.15) is 23.8 Å². The topological polar surface area (TPSA) is 93.5 Å². The van der Waals surface area contributed by atoms with Crippen LogP contribution in [0.3, 0.4) is 0 Å². The molecule has 1 aliphatic heterocycles. The molecule has 4 rings (SSSR count). The van der Waals surface area contributed by atoms with Gasteiger partial charge in [0.05, 0.1) is 18.8 Å². The van der Waals surface area contributed by atoms with Gasteiger partial charge < -0.3 is 33.7 Å². The average Bonchev–Trinajstić information content (AvgIpc) is 3.52. The summed E-state index contributed by atoms with van der Waals surface area (Å²) in [7, 11) is 0. The Bertz CT molecular complexity index is 1250. The normalized spacial score (nSPS) is 11.9. The van der Waals surface area contributed by atoms with Crippen LogP contribution in [0, 0.1) is 12.8 Å². The molecule has 0 atom stereocenters. The number of aryl methyl sites for hydroxylation is 1. The van der Waals surface area contributed by atoms with Gasteiger partial charge in [0.15, 0.2) is 11.5 Å². The van der Waals surface area contributed by atoms with Crippen LogP contribution in [0.1, 0.15) is 37.9 Å². The second-order valence-corrected chi connectivity index (χ2v) is 9.58. The lowest BCUT2D eigenvalue weighted by Crippen LogP contribution is -2.45. The third-order valence-electron chi connectivity index (χ3n) is 5.93. The Morgan fingerprint density at radius 3 is 2.53 bits per heavy atom. The molecule has 38 heavy (non-hydrogen) atoms. The molecule has 0 bridgehead atoms. The van der Waals surface area contributed by atoms with Gasteiger partial charge in [-0.3, -0.25) is 4.79 Å². The highest BCUT2D eigenvalue weighted by Crippen LogP contribution is 2.33. The maximum atomic E-state index is 13.7. The Balaban J connectivity index is 1.53. The van der Waals surface area contributed by atoms with E-state index in [2.05, 4.69) is 5.32 Å². The minimum atomic E-state index is -0.365. The van der Waals surface area contributed by atoms with Gasteiger partial charge in [0.25, 0.3) is 0 Å². The third kappa shape index (κ3) is 7.00. The van der Waals surface area contributed by atoms with Crippen molar-refractivity contribution in [3.63, 3.8) is 0 Å². The van der Waals surface area contributed by atoms with Crippen molar-refractivity contribution in [3.05, 3.63) is 71.7 Å². The molecule has 1 aliphatic rings. The number of rotatable bonds is 11. The summed E-state index contributed by atoms with van der Waals surface area (Å²) in [5, 5.41) is 2.92. The van der Waals surface area contributed by atoms with Crippen molar-refractivity contribution in [3.8, 4) is 17.2 Å². The fourth-order valence-electron chi connectivity index (χ4n) is 4.22. The summed E-state index contributed by atoms with van der Waals surface area (Å²) in [5.41, 5.74) is 1.44. The summed E-state index contributed by atoms with van der Waals surface area (Å²) >= 11 is 0. The molecule has 9 nitrogen and oxygen atoms in total. The number of carbonyl (C=O) groups excluding carboxylic acids is 2. The number of hydrogen-bond donors (Lipinski definition) is 1. The maximum absolute atomic E-state index is 13.7. The maximum Gasteiger partial charge on any atom is 0.322 e. The minimum Gasteiger partial charge on any atom is -0.492 e. The van der Waals surface area contributed by atoms with Gasteiger partial charge in [-0.1, -0.05) is 32.0 Å². The number of ether oxygens (including phenoxy) is 3. The number of nitrogens with one attached hydrogen (secondary N) is 1. The molecule has 202 valence electrons. The Hall–Kier alpha value is -4.14. The number of para-hydroxylation sites is 2. The number of hydrogen-bond acceptors (Lipinski definition) is 6. The highest BCUT2D eigenvalue weighted by atomic mass is 16.7. The quantitative estimate of drug-likeness (QED) is 0.361. The summed E-state index contributed by atoms with van der Waals surface area (Å²) in [6.07, 6.45) is 0. The molecule has 0 saturated heterocycles. The average molecular weight is 522 g/mol. The fourth-order valence-corrected chi connectivity index (χ4v) is 4.22. The van der Waals surface area contributed by atoms with Crippen LogP contribution >= 0.6 is 0 Å². The predicted octanol–water partition coefficient (Wildman–Crippen LogP) is 5.43. The van der Waals surface area contributed by atoms with E-state index in [1.54, 1.807) is 17.0 Å². The Kier molecular flexibility index (Phi) is 8.78. The van der Waals surface area contributed by atoms with Gasteiger partial charge in [0, 0.05) is 13.1 Å². The number of nitrogens with zero attached hydrogens (tertiary/aromatic N) is 2. The van der Waals surface area contributed by atoms with Gasteiger partial charge >= 0.3 is 6.03 Å². The molecule has 3 aromatic rings. The van der Waals surface area contributed by atoms with Crippen molar-refractivity contribution in [2.24, 2.45) is 5.92 Å². The van der Waals surface area contributed by atoms with Crippen molar-refractivity contribution in [2.45, 2.75) is 40.8 Å². The van der Waals surface area contributed by atoms with Gasteiger partial charge in [-0.25, -0.2) is 4.79 Å². The molecule has 9 heteroatoms.